The summed E-state index contributed by atoms with van der Waals surface area (Å²) in [6.07, 6.45) is 1.33. The van der Waals surface area contributed by atoms with E-state index in [2.05, 4.69) is 4.90 Å². The van der Waals surface area contributed by atoms with Crippen LogP contribution in [0.15, 0.2) is 48.1 Å². The fraction of sp³-hybridized carbons (Fsp3) is 0.600. The number of halogens is 3. The van der Waals surface area contributed by atoms with Gasteiger partial charge < -0.3 is 10.2 Å². The zero-order chi connectivity index (χ0) is 27.3. The van der Waals surface area contributed by atoms with Gasteiger partial charge in [0.2, 0.25) is 0 Å². The number of carbonyl (C=O) groups excluding carboxylic acids is 2. The summed E-state index contributed by atoms with van der Waals surface area (Å²) in [5.41, 5.74) is -4.32. The Bertz CT molecular complexity index is 1270. The van der Waals surface area contributed by atoms with Crippen LogP contribution in [0.4, 0.5) is 8.78 Å². The van der Waals surface area contributed by atoms with Crippen LogP contribution in [0, 0.1) is 34.0 Å². The molecular weight excluding hydrogens is 512 g/mol. The highest BCUT2D eigenvalue weighted by molar-refractivity contribution is 6.30. The zero-order valence-electron chi connectivity index (χ0n) is 21.7. The topological polar surface area (TPSA) is 77.8 Å². The van der Waals surface area contributed by atoms with E-state index in [1.165, 1.54) is 18.2 Å². The van der Waals surface area contributed by atoms with Gasteiger partial charge in [0, 0.05) is 36.0 Å². The van der Waals surface area contributed by atoms with E-state index >= 15 is 8.78 Å². The average molecular weight is 546 g/mol. The summed E-state index contributed by atoms with van der Waals surface area (Å²) in [6.45, 7) is 4.44. The number of likely N-dealkylation sites (tertiary alicyclic amines) is 1. The van der Waals surface area contributed by atoms with Gasteiger partial charge in [-0.3, -0.25) is 14.5 Å². The monoisotopic (exact) mass is 545 g/mol. The number of aliphatic hydroxyl groups is 2. The Morgan fingerprint density at radius 3 is 2.71 bits per heavy atom. The summed E-state index contributed by atoms with van der Waals surface area (Å²) < 4.78 is 33.2. The van der Waals surface area contributed by atoms with Crippen molar-refractivity contribution in [1.82, 2.24) is 4.90 Å². The van der Waals surface area contributed by atoms with Crippen molar-refractivity contribution in [2.75, 3.05) is 19.7 Å². The summed E-state index contributed by atoms with van der Waals surface area (Å²) >= 11 is 6.19. The molecule has 4 aliphatic carbocycles. The Morgan fingerprint density at radius 1 is 1.24 bits per heavy atom. The van der Waals surface area contributed by atoms with Crippen LogP contribution < -0.4 is 0 Å². The second kappa shape index (κ2) is 8.53. The summed E-state index contributed by atoms with van der Waals surface area (Å²) in [5, 5.41) is 22.4. The fourth-order valence-corrected chi connectivity index (χ4v) is 9.75. The second-order valence-corrected chi connectivity index (χ2v) is 13.1. The van der Waals surface area contributed by atoms with Crippen LogP contribution in [-0.2, 0) is 16.1 Å². The number of rotatable bonds is 4. The average Bonchev–Trinajstić information content (AvgIpc) is 3.34. The van der Waals surface area contributed by atoms with Gasteiger partial charge in [0.25, 0.3) is 0 Å². The molecule has 204 valence electrons. The predicted molar refractivity (Wildman–Crippen MR) is 139 cm³/mol. The van der Waals surface area contributed by atoms with Gasteiger partial charge in [-0.2, -0.15) is 0 Å². The Balaban J connectivity index is 1.40. The molecule has 0 aromatic heterocycles. The molecule has 9 unspecified atom stereocenters. The number of hydrogen-bond donors (Lipinski definition) is 2. The lowest BCUT2D eigenvalue weighted by atomic mass is 9.43. The summed E-state index contributed by atoms with van der Waals surface area (Å²) in [5.74, 6) is -2.01. The molecule has 3 saturated carbocycles. The third-order valence-corrected chi connectivity index (χ3v) is 11.4. The summed E-state index contributed by atoms with van der Waals surface area (Å²) in [4.78, 5) is 27.9. The molecule has 0 spiro atoms. The Hall–Kier alpha value is -1.93. The van der Waals surface area contributed by atoms with Gasteiger partial charge in [-0.05, 0) is 78.9 Å². The van der Waals surface area contributed by atoms with E-state index in [1.807, 2.05) is 25.1 Å². The summed E-state index contributed by atoms with van der Waals surface area (Å²) in [6, 6.07) is 7.55. The van der Waals surface area contributed by atoms with E-state index < -0.39 is 46.7 Å². The summed E-state index contributed by atoms with van der Waals surface area (Å²) in [7, 11) is 0. The number of carbonyl (C=O) groups is 2. The molecule has 5 nitrogen and oxygen atoms in total. The maximum atomic E-state index is 17.4. The number of alkyl halides is 2. The standard InChI is InChI=1S/C30H34ClF2NO4/c1-27-7-6-20(36)10-23(27)24(32)11-22-21-9-18-14-34(13-17-4-3-5-19(31)8-17)16-29(18,26(38)15-35)28(21,2)12-25(37)30(22,27)33/h3-8,10,18,21-22,24-25,35,37H,9,11-16H2,1-2H3. The smallest absolute Gasteiger partial charge is 0.178 e. The maximum Gasteiger partial charge on any atom is 0.178 e. The lowest BCUT2D eigenvalue weighted by molar-refractivity contribution is -0.212. The molecule has 1 aromatic rings. The van der Waals surface area contributed by atoms with Crippen LogP contribution in [0.1, 0.15) is 38.7 Å². The third kappa shape index (κ3) is 3.19. The Morgan fingerprint density at radius 2 is 2.00 bits per heavy atom. The molecule has 0 amide bonds. The minimum atomic E-state index is -2.18. The van der Waals surface area contributed by atoms with Crippen molar-refractivity contribution in [2.24, 2.45) is 34.0 Å². The van der Waals surface area contributed by atoms with Crippen LogP contribution in [0.5, 0.6) is 0 Å². The molecule has 8 heteroatoms. The first-order valence-corrected chi connectivity index (χ1v) is 13.9. The lowest BCUT2D eigenvalue weighted by Gasteiger charge is -2.63. The van der Waals surface area contributed by atoms with Crippen LogP contribution in [-0.4, -0.2) is 64.3 Å². The largest absolute Gasteiger partial charge is 0.390 e. The van der Waals surface area contributed by atoms with Gasteiger partial charge in [0.1, 0.15) is 12.8 Å². The van der Waals surface area contributed by atoms with Gasteiger partial charge in [-0.1, -0.05) is 36.7 Å². The normalized spacial score (nSPS) is 45.7. The van der Waals surface area contributed by atoms with E-state index in [9.17, 15) is 19.8 Å². The van der Waals surface area contributed by atoms with Crippen molar-refractivity contribution >= 4 is 23.2 Å². The molecule has 4 fully saturated rings. The molecular formula is C30H34ClF2NO4. The van der Waals surface area contributed by atoms with E-state index in [0.29, 0.717) is 31.1 Å². The number of nitrogens with zero attached hydrogens (tertiary/aromatic N) is 1. The van der Waals surface area contributed by atoms with Crippen molar-refractivity contribution in [3.63, 3.8) is 0 Å². The van der Waals surface area contributed by atoms with Gasteiger partial charge in [-0.15, -0.1) is 0 Å². The first-order chi connectivity index (χ1) is 17.9. The predicted octanol–water partition coefficient (Wildman–Crippen LogP) is 4.25. The van der Waals surface area contributed by atoms with Crippen molar-refractivity contribution in [2.45, 2.75) is 57.6 Å². The minimum Gasteiger partial charge on any atom is -0.390 e. The number of fused-ring (bicyclic) bond motifs is 7. The van der Waals surface area contributed by atoms with Crippen LogP contribution in [0.3, 0.4) is 0 Å². The Kier molecular flexibility index (Phi) is 5.91. The van der Waals surface area contributed by atoms with Crippen molar-refractivity contribution in [1.29, 1.82) is 0 Å². The van der Waals surface area contributed by atoms with Crippen LogP contribution in [0.25, 0.3) is 0 Å². The number of hydrogen-bond acceptors (Lipinski definition) is 5. The number of allylic oxidation sites excluding steroid dienone is 4. The molecule has 1 heterocycles. The quantitative estimate of drug-likeness (QED) is 0.591. The SMILES string of the molecule is CC12C=CC(=O)C=C1C(F)CC1C3CC4CN(Cc5cccc(Cl)c5)CC4(C(=O)CO)C3(C)CC(O)C12F. The number of benzene rings is 1. The molecule has 9 atom stereocenters. The Labute approximate surface area is 226 Å². The molecule has 1 aliphatic heterocycles. The fourth-order valence-electron chi connectivity index (χ4n) is 9.53. The number of Topliss-reactive ketones (excluding diaryl/α,β-unsaturated/α-hetero) is 1. The van der Waals surface area contributed by atoms with E-state index in [-0.39, 0.29) is 41.8 Å². The van der Waals surface area contributed by atoms with E-state index in [4.69, 9.17) is 11.6 Å². The van der Waals surface area contributed by atoms with Gasteiger partial charge in [0.15, 0.2) is 17.2 Å². The third-order valence-electron chi connectivity index (χ3n) is 11.2. The van der Waals surface area contributed by atoms with Crippen molar-refractivity contribution < 1.29 is 28.6 Å². The molecule has 2 N–H and O–H groups in total. The number of aliphatic hydroxyl groups excluding tert-OH is 2. The first-order valence-electron chi connectivity index (χ1n) is 13.5. The highest BCUT2D eigenvalue weighted by Crippen LogP contribution is 2.74. The van der Waals surface area contributed by atoms with E-state index in [0.717, 1.165) is 5.56 Å². The van der Waals surface area contributed by atoms with Crippen molar-refractivity contribution in [3.8, 4) is 0 Å². The molecule has 0 bridgehead atoms. The molecule has 5 aliphatic rings. The van der Waals surface area contributed by atoms with Crippen LogP contribution >= 0.6 is 11.6 Å². The zero-order valence-corrected chi connectivity index (χ0v) is 22.4. The lowest BCUT2D eigenvalue weighted by Crippen LogP contribution is -2.69. The van der Waals surface area contributed by atoms with Gasteiger partial charge in [-0.25, -0.2) is 8.78 Å². The first kappa shape index (κ1) is 26.3. The molecule has 6 rings (SSSR count). The van der Waals surface area contributed by atoms with Crippen molar-refractivity contribution in [3.05, 3.63) is 58.7 Å². The molecule has 0 radical (unpaired) electrons. The van der Waals surface area contributed by atoms with Gasteiger partial charge in [0.05, 0.1) is 11.5 Å². The molecule has 38 heavy (non-hydrogen) atoms. The van der Waals surface area contributed by atoms with Crippen LogP contribution in [0.2, 0.25) is 5.02 Å². The molecule has 1 aromatic carbocycles. The minimum absolute atomic E-state index is 0.0273. The number of ketones is 2. The maximum absolute atomic E-state index is 17.4. The van der Waals surface area contributed by atoms with Gasteiger partial charge >= 0.3 is 0 Å². The highest BCUT2D eigenvalue weighted by atomic mass is 35.5. The van der Waals surface area contributed by atoms with E-state index in [1.54, 1.807) is 13.0 Å². The highest BCUT2D eigenvalue weighted by Gasteiger charge is 2.78. The molecule has 1 saturated heterocycles. The second-order valence-electron chi connectivity index (χ2n) is 12.6.